The van der Waals surface area contributed by atoms with Gasteiger partial charge in [-0.15, -0.1) is 0 Å². The number of halogens is 7. The van der Waals surface area contributed by atoms with Gasteiger partial charge in [0.1, 0.15) is 5.82 Å². The summed E-state index contributed by atoms with van der Waals surface area (Å²) in [5, 5.41) is 0. The zero-order chi connectivity index (χ0) is 26.6. The van der Waals surface area contributed by atoms with Crippen LogP contribution >= 0.6 is 0 Å². The van der Waals surface area contributed by atoms with E-state index < -0.39 is 53.0 Å². The fraction of sp³-hybridized carbons (Fsp3) is 0.480. The van der Waals surface area contributed by atoms with Gasteiger partial charge in [-0.2, -0.15) is 26.3 Å². The van der Waals surface area contributed by atoms with Crippen molar-refractivity contribution >= 4 is 5.91 Å². The highest BCUT2D eigenvalue weighted by Gasteiger charge is 2.52. The number of carbonyl (C=O) groups is 1. The van der Waals surface area contributed by atoms with Gasteiger partial charge in [-0.05, 0) is 68.1 Å². The predicted octanol–water partition coefficient (Wildman–Crippen LogP) is 5.82. The molecule has 2 aliphatic rings. The SMILES string of the molecule is C[C@@H](O[C@H]1CN2C(=O)C(C)(N)CCC2C1c1ccc(F)cc1)c1cc(C(F)(F)F)cc(C(F)(F)F)c1. The number of piperidine rings is 1. The number of ether oxygens (including phenoxy) is 1. The fourth-order valence-electron chi connectivity index (χ4n) is 5.14. The summed E-state index contributed by atoms with van der Waals surface area (Å²) in [6.07, 6.45) is -11.0. The van der Waals surface area contributed by atoms with Crippen molar-refractivity contribution < 1.29 is 40.3 Å². The molecule has 2 fully saturated rings. The molecule has 2 saturated heterocycles. The number of fused-ring (bicyclic) bond motifs is 1. The molecule has 4 rings (SSSR count). The Labute approximate surface area is 203 Å². The summed E-state index contributed by atoms with van der Waals surface area (Å²) >= 11 is 0. The normalized spacial score (nSPS) is 27.8. The molecular formula is C25H25F7N2O2. The molecule has 196 valence electrons. The number of rotatable bonds is 4. The van der Waals surface area contributed by atoms with Crippen molar-refractivity contribution in [3.8, 4) is 0 Å². The maximum absolute atomic E-state index is 13.6. The minimum absolute atomic E-state index is 0.0494. The quantitative estimate of drug-likeness (QED) is 0.520. The summed E-state index contributed by atoms with van der Waals surface area (Å²) in [5.74, 6) is -1.26. The van der Waals surface area contributed by atoms with E-state index in [1.54, 1.807) is 11.8 Å². The Morgan fingerprint density at radius 2 is 1.58 bits per heavy atom. The van der Waals surface area contributed by atoms with Gasteiger partial charge in [0, 0.05) is 18.5 Å². The molecule has 2 aromatic rings. The number of amides is 1. The molecule has 2 N–H and O–H groups in total. The molecule has 2 aromatic carbocycles. The van der Waals surface area contributed by atoms with Crippen LogP contribution in [-0.2, 0) is 21.9 Å². The Kier molecular flexibility index (Phi) is 6.62. The van der Waals surface area contributed by atoms with E-state index in [2.05, 4.69) is 0 Å². The van der Waals surface area contributed by atoms with Crippen molar-refractivity contribution in [3.63, 3.8) is 0 Å². The largest absolute Gasteiger partial charge is 0.416 e. The standard InChI is InChI=1S/C25H25F7N2O2/c1-13(15-9-16(24(27,28)29)11-17(10-15)25(30,31)32)36-20-12-34-19(7-8-23(2,33)22(34)35)21(20)14-3-5-18(26)6-4-14/h3-6,9-11,13,19-21H,7-8,12,33H2,1-2H3/t13-,19?,20+,21?,23?/m1/s1. The highest BCUT2D eigenvalue weighted by Crippen LogP contribution is 2.44. The van der Waals surface area contributed by atoms with Gasteiger partial charge in [-0.1, -0.05) is 12.1 Å². The number of hydrogen-bond donors (Lipinski definition) is 1. The average Bonchev–Trinajstić information content (AvgIpc) is 3.14. The number of benzene rings is 2. The second-order valence-corrected chi connectivity index (χ2v) is 9.71. The minimum atomic E-state index is -4.99. The zero-order valence-electron chi connectivity index (χ0n) is 19.5. The van der Waals surface area contributed by atoms with E-state index in [1.807, 2.05) is 0 Å². The smallest absolute Gasteiger partial charge is 0.368 e. The maximum Gasteiger partial charge on any atom is 0.416 e. The molecule has 3 unspecified atom stereocenters. The number of alkyl halides is 6. The van der Waals surface area contributed by atoms with E-state index in [-0.39, 0.29) is 30.1 Å². The highest BCUT2D eigenvalue weighted by molar-refractivity contribution is 5.87. The van der Waals surface area contributed by atoms with Crippen molar-refractivity contribution in [1.82, 2.24) is 4.90 Å². The first-order valence-corrected chi connectivity index (χ1v) is 11.4. The molecule has 4 nitrogen and oxygen atoms in total. The van der Waals surface area contributed by atoms with Crippen molar-refractivity contribution in [2.75, 3.05) is 6.54 Å². The van der Waals surface area contributed by atoms with Crippen LogP contribution < -0.4 is 5.73 Å². The van der Waals surface area contributed by atoms with E-state index >= 15 is 0 Å². The van der Waals surface area contributed by atoms with Gasteiger partial charge in [-0.3, -0.25) is 4.79 Å². The summed E-state index contributed by atoms with van der Waals surface area (Å²) in [4.78, 5) is 14.6. The van der Waals surface area contributed by atoms with Crippen LogP contribution in [0.5, 0.6) is 0 Å². The summed E-state index contributed by atoms with van der Waals surface area (Å²) in [6.45, 7) is 3.02. The van der Waals surface area contributed by atoms with Crippen molar-refractivity contribution in [2.24, 2.45) is 5.73 Å². The third kappa shape index (κ3) is 5.08. The number of hydrogen-bond acceptors (Lipinski definition) is 3. The maximum atomic E-state index is 13.6. The van der Waals surface area contributed by atoms with Crippen molar-refractivity contribution in [2.45, 2.75) is 68.7 Å². The monoisotopic (exact) mass is 518 g/mol. The molecular weight excluding hydrogens is 493 g/mol. The van der Waals surface area contributed by atoms with Gasteiger partial charge >= 0.3 is 12.4 Å². The van der Waals surface area contributed by atoms with Crippen LogP contribution in [0.4, 0.5) is 30.7 Å². The van der Waals surface area contributed by atoms with Gasteiger partial charge in [0.25, 0.3) is 0 Å². The summed E-state index contributed by atoms with van der Waals surface area (Å²) < 4.78 is 99.7. The van der Waals surface area contributed by atoms with Crippen LogP contribution in [0.15, 0.2) is 42.5 Å². The number of carbonyl (C=O) groups excluding carboxylic acids is 1. The predicted molar refractivity (Wildman–Crippen MR) is 116 cm³/mol. The molecule has 11 heteroatoms. The lowest BCUT2D eigenvalue weighted by atomic mass is 9.81. The van der Waals surface area contributed by atoms with Gasteiger partial charge in [0.15, 0.2) is 0 Å². The molecule has 0 bridgehead atoms. The van der Waals surface area contributed by atoms with Gasteiger partial charge in [-0.25, -0.2) is 4.39 Å². The van der Waals surface area contributed by atoms with E-state index in [4.69, 9.17) is 10.5 Å². The topological polar surface area (TPSA) is 55.6 Å². The Balaban J connectivity index is 1.69. The number of nitrogens with two attached hydrogens (primary N) is 1. The van der Waals surface area contributed by atoms with Crippen molar-refractivity contribution in [1.29, 1.82) is 0 Å². The lowest BCUT2D eigenvalue weighted by Gasteiger charge is -2.40. The van der Waals surface area contributed by atoms with Crippen LogP contribution in [0.1, 0.15) is 61.0 Å². The molecule has 0 aromatic heterocycles. The first-order valence-electron chi connectivity index (χ1n) is 11.4. The second-order valence-electron chi connectivity index (χ2n) is 9.71. The average molecular weight is 518 g/mol. The molecule has 2 aliphatic heterocycles. The molecule has 0 saturated carbocycles. The first kappa shape index (κ1) is 26.4. The molecule has 1 amide bonds. The van der Waals surface area contributed by atoms with Gasteiger partial charge in [0.2, 0.25) is 5.91 Å². The van der Waals surface area contributed by atoms with E-state index in [0.29, 0.717) is 30.5 Å². The Bertz CT molecular complexity index is 1100. The van der Waals surface area contributed by atoms with E-state index in [0.717, 1.165) is 0 Å². The van der Waals surface area contributed by atoms with Crippen LogP contribution in [0.3, 0.4) is 0 Å². The second kappa shape index (κ2) is 9.02. The Hall–Kier alpha value is -2.66. The fourth-order valence-corrected chi connectivity index (χ4v) is 5.14. The van der Waals surface area contributed by atoms with Crippen LogP contribution in [0, 0.1) is 5.82 Å². The van der Waals surface area contributed by atoms with Gasteiger partial charge < -0.3 is 15.4 Å². The molecule has 0 radical (unpaired) electrons. The van der Waals surface area contributed by atoms with Crippen LogP contribution in [0.2, 0.25) is 0 Å². The third-order valence-electron chi connectivity index (χ3n) is 7.01. The molecule has 36 heavy (non-hydrogen) atoms. The van der Waals surface area contributed by atoms with Crippen LogP contribution in [-0.4, -0.2) is 35.0 Å². The van der Waals surface area contributed by atoms with Crippen LogP contribution in [0.25, 0.3) is 0 Å². The van der Waals surface area contributed by atoms with Gasteiger partial charge in [0.05, 0.1) is 28.9 Å². The molecule has 0 aliphatic carbocycles. The molecule has 0 spiro atoms. The lowest BCUT2D eigenvalue weighted by Crippen LogP contribution is -2.59. The lowest BCUT2D eigenvalue weighted by molar-refractivity contribution is -0.144. The highest BCUT2D eigenvalue weighted by atomic mass is 19.4. The third-order valence-corrected chi connectivity index (χ3v) is 7.01. The van der Waals surface area contributed by atoms with E-state index in [1.165, 1.54) is 31.2 Å². The summed E-state index contributed by atoms with van der Waals surface area (Å²) in [5.41, 5.74) is 2.52. The zero-order valence-corrected chi connectivity index (χ0v) is 19.5. The first-order chi connectivity index (χ1) is 16.6. The van der Waals surface area contributed by atoms with E-state index in [9.17, 15) is 35.5 Å². The molecule has 2 heterocycles. The van der Waals surface area contributed by atoms with Crippen molar-refractivity contribution in [3.05, 3.63) is 70.5 Å². The summed E-state index contributed by atoms with van der Waals surface area (Å²) in [7, 11) is 0. The Morgan fingerprint density at radius 3 is 2.11 bits per heavy atom. The number of nitrogens with zero attached hydrogens (tertiary/aromatic N) is 1. The minimum Gasteiger partial charge on any atom is -0.368 e. The summed E-state index contributed by atoms with van der Waals surface area (Å²) in [6, 6.07) is 6.55. The molecule has 5 atom stereocenters. The Morgan fingerprint density at radius 1 is 1.03 bits per heavy atom.